The molecule has 0 bridgehead atoms. The lowest BCUT2D eigenvalue weighted by Gasteiger charge is -2.05. The van der Waals surface area contributed by atoms with Gasteiger partial charge in [-0.15, -0.1) is 5.10 Å². The number of hydrogen-bond acceptors (Lipinski definition) is 5. The molecule has 4 nitrogen and oxygen atoms in total. The van der Waals surface area contributed by atoms with Gasteiger partial charge in [0.25, 0.3) is 0 Å². The first-order chi connectivity index (χ1) is 6.45. The zero-order chi connectivity index (χ0) is 8.93. The van der Waals surface area contributed by atoms with Gasteiger partial charge in [-0.05, 0) is 24.4 Å². The summed E-state index contributed by atoms with van der Waals surface area (Å²) in [5.41, 5.74) is 3.96. The summed E-state index contributed by atoms with van der Waals surface area (Å²) in [4.78, 5) is 0. The summed E-state index contributed by atoms with van der Waals surface area (Å²) in [6.45, 7) is 0. The van der Waals surface area contributed by atoms with Crippen LogP contribution in [0, 0.1) is 0 Å². The first kappa shape index (κ1) is 8.62. The van der Waals surface area contributed by atoms with Crippen molar-refractivity contribution in [3.63, 3.8) is 0 Å². The molecule has 0 saturated heterocycles. The SMILES string of the molecule is C(=N\NC1CCCC1)/c1csnn1. The van der Waals surface area contributed by atoms with Crippen LogP contribution in [0.1, 0.15) is 31.4 Å². The summed E-state index contributed by atoms with van der Waals surface area (Å²) >= 11 is 1.34. The normalized spacial score (nSPS) is 18.5. The maximum atomic E-state index is 4.12. The second kappa shape index (κ2) is 4.32. The molecule has 13 heavy (non-hydrogen) atoms. The van der Waals surface area contributed by atoms with E-state index in [2.05, 4.69) is 20.1 Å². The van der Waals surface area contributed by atoms with Crippen molar-refractivity contribution in [3.05, 3.63) is 11.1 Å². The molecule has 1 aromatic heterocycles. The highest BCUT2D eigenvalue weighted by Crippen LogP contribution is 2.17. The third-order valence-electron chi connectivity index (χ3n) is 2.19. The number of rotatable bonds is 3. The van der Waals surface area contributed by atoms with Crippen LogP contribution in [0.5, 0.6) is 0 Å². The molecule has 2 rings (SSSR count). The molecular weight excluding hydrogens is 184 g/mol. The molecule has 1 heterocycles. The molecule has 0 aliphatic heterocycles. The Kier molecular flexibility index (Phi) is 2.86. The first-order valence-electron chi connectivity index (χ1n) is 4.51. The highest BCUT2D eigenvalue weighted by Gasteiger charge is 2.12. The molecule has 1 fully saturated rings. The van der Waals surface area contributed by atoms with Crippen LogP contribution < -0.4 is 5.43 Å². The molecule has 0 unspecified atom stereocenters. The fourth-order valence-electron chi connectivity index (χ4n) is 1.49. The van der Waals surface area contributed by atoms with Gasteiger partial charge in [-0.25, -0.2) is 0 Å². The fourth-order valence-corrected chi connectivity index (χ4v) is 1.90. The van der Waals surface area contributed by atoms with Crippen LogP contribution in [0.25, 0.3) is 0 Å². The minimum Gasteiger partial charge on any atom is -0.307 e. The molecular formula is C8H12N4S. The molecule has 0 atom stereocenters. The van der Waals surface area contributed by atoms with Crippen molar-refractivity contribution in [1.82, 2.24) is 15.0 Å². The highest BCUT2D eigenvalue weighted by molar-refractivity contribution is 7.03. The van der Waals surface area contributed by atoms with Gasteiger partial charge in [0.05, 0.1) is 6.21 Å². The standard InChI is InChI=1S/C8H12N4S/c1-2-4-7(3-1)10-9-5-8-6-13-12-11-8/h5-7,10H,1-4H2/b9-5+. The van der Waals surface area contributed by atoms with Crippen LogP contribution in [-0.4, -0.2) is 21.8 Å². The number of hydrazone groups is 1. The van der Waals surface area contributed by atoms with Crippen molar-refractivity contribution in [3.8, 4) is 0 Å². The van der Waals surface area contributed by atoms with Crippen molar-refractivity contribution >= 4 is 17.7 Å². The van der Waals surface area contributed by atoms with E-state index in [0.29, 0.717) is 6.04 Å². The summed E-state index contributed by atoms with van der Waals surface area (Å²) in [7, 11) is 0. The summed E-state index contributed by atoms with van der Waals surface area (Å²) in [6.07, 6.45) is 6.86. The smallest absolute Gasteiger partial charge is 0.118 e. The predicted molar refractivity (Wildman–Crippen MR) is 52.9 cm³/mol. The summed E-state index contributed by atoms with van der Waals surface area (Å²) in [5.74, 6) is 0. The third-order valence-corrected chi connectivity index (χ3v) is 2.71. The Morgan fingerprint density at radius 1 is 1.54 bits per heavy atom. The van der Waals surface area contributed by atoms with E-state index in [1.165, 1.54) is 37.2 Å². The lowest BCUT2D eigenvalue weighted by atomic mass is 10.3. The second-order valence-corrected chi connectivity index (χ2v) is 3.81. The van der Waals surface area contributed by atoms with Crippen molar-refractivity contribution in [2.75, 3.05) is 0 Å². The zero-order valence-electron chi connectivity index (χ0n) is 7.31. The quantitative estimate of drug-likeness (QED) is 0.587. The van der Waals surface area contributed by atoms with Crippen molar-refractivity contribution in [2.24, 2.45) is 5.10 Å². The molecule has 0 amide bonds. The average Bonchev–Trinajstić information content (AvgIpc) is 2.75. The fraction of sp³-hybridized carbons (Fsp3) is 0.625. The molecule has 70 valence electrons. The minimum absolute atomic E-state index is 0.572. The van der Waals surface area contributed by atoms with E-state index < -0.39 is 0 Å². The van der Waals surface area contributed by atoms with Crippen LogP contribution in [0.3, 0.4) is 0 Å². The van der Waals surface area contributed by atoms with E-state index in [-0.39, 0.29) is 0 Å². The second-order valence-electron chi connectivity index (χ2n) is 3.20. The summed E-state index contributed by atoms with van der Waals surface area (Å²) in [6, 6.07) is 0.572. The summed E-state index contributed by atoms with van der Waals surface area (Å²) in [5, 5.41) is 9.86. The lowest BCUT2D eigenvalue weighted by molar-refractivity contribution is 0.548. The molecule has 1 saturated carbocycles. The molecule has 0 spiro atoms. The van der Waals surface area contributed by atoms with Gasteiger partial charge in [0.1, 0.15) is 5.69 Å². The van der Waals surface area contributed by atoms with Crippen LogP contribution in [0.4, 0.5) is 0 Å². The lowest BCUT2D eigenvalue weighted by Crippen LogP contribution is -2.20. The predicted octanol–water partition coefficient (Wildman–Crippen LogP) is 1.40. The maximum Gasteiger partial charge on any atom is 0.118 e. The van der Waals surface area contributed by atoms with Crippen molar-refractivity contribution in [2.45, 2.75) is 31.7 Å². The monoisotopic (exact) mass is 196 g/mol. The van der Waals surface area contributed by atoms with Gasteiger partial charge in [-0.3, -0.25) is 0 Å². The van der Waals surface area contributed by atoms with Gasteiger partial charge < -0.3 is 5.43 Å². The maximum absolute atomic E-state index is 4.12. The Balaban J connectivity index is 1.78. The van der Waals surface area contributed by atoms with Crippen LogP contribution in [-0.2, 0) is 0 Å². The van der Waals surface area contributed by atoms with Crippen LogP contribution >= 0.6 is 11.5 Å². The Labute approximate surface area is 81.2 Å². The van der Waals surface area contributed by atoms with Gasteiger partial charge in [-0.2, -0.15) is 5.10 Å². The third kappa shape index (κ3) is 2.48. The van der Waals surface area contributed by atoms with E-state index in [9.17, 15) is 0 Å². The average molecular weight is 196 g/mol. The Bertz CT molecular complexity index is 264. The molecule has 0 radical (unpaired) electrons. The topological polar surface area (TPSA) is 50.2 Å². The van der Waals surface area contributed by atoms with Gasteiger partial charge in [-0.1, -0.05) is 17.3 Å². The van der Waals surface area contributed by atoms with Gasteiger partial charge in [0, 0.05) is 11.4 Å². The van der Waals surface area contributed by atoms with E-state index in [1.807, 2.05) is 5.38 Å². The van der Waals surface area contributed by atoms with E-state index >= 15 is 0 Å². The molecule has 1 aliphatic rings. The Hall–Kier alpha value is -0.970. The van der Waals surface area contributed by atoms with Gasteiger partial charge in [0.2, 0.25) is 0 Å². The zero-order valence-corrected chi connectivity index (χ0v) is 8.13. The molecule has 5 heteroatoms. The first-order valence-corrected chi connectivity index (χ1v) is 5.34. The number of nitrogens with zero attached hydrogens (tertiary/aromatic N) is 3. The molecule has 1 aromatic rings. The van der Waals surface area contributed by atoms with Gasteiger partial charge >= 0.3 is 0 Å². The largest absolute Gasteiger partial charge is 0.307 e. The van der Waals surface area contributed by atoms with Crippen molar-refractivity contribution in [1.29, 1.82) is 0 Å². The van der Waals surface area contributed by atoms with E-state index in [0.717, 1.165) is 5.69 Å². The number of hydrogen-bond donors (Lipinski definition) is 1. The van der Waals surface area contributed by atoms with E-state index in [4.69, 9.17) is 0 Å². The number of nitrogens with one attached hydrogen (secondary N) is 1. The Morgan fingerprint density at radius 3 is 3.08 bits per heavy atom. The van der Waals surface area contributed by atoms with Crippen molar-refractivity contribution < 1.29 is 0 Å². The molecule has 0 aromatic carbocycles. The van der Waals surface area contributed by atoms with Gasteiger partial charge in [0.15, 0.2) is 0 Å². The van der Waals surface area contributed by atoms with E-state index in [1.54, 1.807) is 6.21 Å². The molecule has 1 aliphatic carbocycles. The van der Waals surface area contributed by atoms with Crippen LogP contribution in [0.15, 0.2) is 10.5 Å². The Morgan fingerprint density at radius 2 is 2.38 bits per heavy atom. The minimum atomic E-state index is 0.572. The summed E-state index contributed by atoms with van der Waals surface area (Å²) < 4.78 is 3.75. The molecule has 1 N–H and O–H groups in total. The van der Waals surface area contributed by atoms with Crippen LogP contribution in [0.2, 0.25) is 0 Å². The number of aromatic nitrogens is 2. The highest BCUT2D eigenvalue weighted by atomic mass is 32.1.